The second-order valence-corrected chi connectivity index (χ2v) is 8.09. The summed E-state index contributed by atoms with van der Waals surface area (Å²) in [6.45, 7) is 2.20. The number of hydrogen-bond acceptors (Lipinski definition) is 3. The molecule has 2 fully saturated rings. The van der Waals surface area contributed by atoms with Crippen LogP contribution in [0.25, 0.3) is 0 Å². The Balaban J connectivity index is 1.40. The van der Waals surface area contributed by atoms with Gasteiger partial charge in [-0.1, -0.05) is 18.2 Å². The van der Waals surface area contributed by atoms with Gasteiger partial charge >= 0.3 is 0 Å². The first-order chi connectivity index (χ1) is 12.2. The predicted molar refractivity (Wildman–Crippen MR) is 98.6 cm³/mol. The molecule has 4 heteroatoms. The summed E-state index contributed by atoms with van der Waals surface area (Å²) in [5, 5.41) is 6.72. The molecule has 1 aromatic carbocycles. The highest BCUT2D eigenvalue weighted by Crippen LogP contribution is 2.47. The molecular weight excluding hydrogens is 312 g/mol. The van der Waals surface area contributed by atoms with Crippen LogP contribution in [0.2, 0.25) is 0 Å². The SMILES string of the molecule is O=C(CCC1CCNCC1)NC1CC2(CCCC2)Oc2ccccc21. The minimum atomic E-state index is -0.0542. The maximum absolute atomic E-state index is 12.6. The Morgan fingerprint density at radius 2 is 1.96 bits per heavy atom. The van der Waals surface area contributed by atoms with Gasteiger partial charge in [-0.2, -0.15) is 0 Å². The van der Waals surface area contributed by atoms with E-state index in [-0.39, 0.29) is 17.6 Å². The Morgan fingerprint density at radius 1 is 1.20 bits per heavy atom. The molecule has 1 atom stereocenters. The van der Waals surface area contributed by atoms with Gasteiger partial charge in [0.25, 0.3) is 0 Å². The van der Waals surface area contributed by atoms with E-state index in [1.54, 1.807) is 0 Å². The molecule has 25 heavy (non-hydrogen) atoms. The lowest BCUT2D eigenvalue weighted by molar-refractivity contribution is -0.122. The normalized spacial score (nSPS) is 25.4. The molecule has 0 radical (unpaired) electrons. The van der Waals surface area contributed by atoms with Crippen molar-refractivity contribution < 1.29 is 9.53 Å². The number of carbonyl (C=O) groups is 1. The molecular formula is C21H30N2O2. The Hall–Kier alpha value is -1.55. The predicted octanol–water partition coefficient (Wildman–Crippen LogP) is 3.72. The van der Waals surface area contributed by atoms with Crippen LogP contribution in [0.3, 0.4) is 0 Å². The van der Waals surface area contributed by atoms with Crippen LogP contribution in [0.4, 0.5) is 0 Å². The number of amides is 1. The van der Waals surface area contributed by atoms with Gasteiger partial charge in [-0.05, 0) is 70.0 Å². The minimum absolute atomic E-state index is 0.0542. The molecule has 1 spiro atoms. The van der Waals surface area contributed by atoms with Gasteiger partial charge in [-0.3, -0.25) is 4.79 Å². The molecule has 1 unspecified atom stereocenters. The fourth-order valence-electron chi connectivity index (χ4n) is 4.84. The molecule has 2 aliphatic heterocycles. The van der Waals surface area contributed by atoms with Crippen molar-refractivity contribution in [1.82, 2.24) is 10.6 Å². The van der Waals surface area contributed by atoms with E-state index in [9.17, 15) is 4.79 Å². The van der Waals surface area contributed by atoms with Crippen LogP contribution < -0.4 is 15.4 Å². The number of nitrogens with one attached hydrogen (secondary N) is 2. The van der Waals surface area contributed by atoms with Crippen LogP contribution in [0, 0.1) is 5.92 Å². The standard InChI is InChI=1S/C21H30N2O2/c24-20(8-7-16-9-13-22-14-10-16)23-18-15-21(11-3-4-12-21)25-19-6-2-1-5-17(18)19/h1-2,5-6,16,18,22H,3-4,7-15H2,(H,23,24). The molecule has 1 aliphatic carbocycles. The molecule has 4 rings (SSSR count). The summed E-state index contributed by atoms with van der Waals surface area (Å²) in [4.78, 5) is 12.6. The maximum atomic E-state index is 12.6. The lowest BCUT2D eigenvalue weighted by atomic mass is 9.85. The van der Waals surface area contributed by atoms with Crippen molar-refractivity contribution in [2.45, 2.75) is 69.4 Å². The topological polar surface area (TPSA) is 50.4 Å². The van der Waals surface area contributed by atoms with Crippen LogP contribution in [0.5, 0.6) is 5.75 Å². The van der Waals surface area contributed by atoms with Gasteiger partial charge in [0.15, 0.2) is 0 Å². The van der Waals surface area contributed by atoms with E-state index >= 15 is 0 Å². The molecule has 1 saturated carbocycles. The Labute approximate surface area is 150 Å². The number of piperidine rings is 1. The van der Waals surface area contributed by atoms with Crippen molar-refractivity contribution in [2.24, 2.45) is 5.92 Å². The molecule has 1 amide bonds. The summed E-state index contributed by atoms with van der Waals surface area (Å²) < 4.78 is 6.39. The number of para-hydroxylation sites is 1. The summed E-state index contributed by atoms with van der Waals surface area (Å²) in [5.41, 5.74) is 1.09. The van der Waals surface area contributed by atoms with E-state index in [4.69, 9.17) is 4.74 Å². The number of hydrogen-bond donors (Lipinski definition) is 2. The van der Waals surface area contributed by atoms with Gasteiger partial charge < -0.3 is 15.4 Å². The first kappa shape index (κ1) is 16.9. The first-order valence-electron chi connectivity index (χ1n) is 10.0. The Kier molecular flexibility index (Phi) is 4.98. The van der Waals surface area contributed by atoms with Crippen molar-refractivity contribution in [3.05, 3.63) is 29.8 Å². The van der Waals surface area contributed by atoms with E-state index in [0.29, 0.717) is 12.3 Å². The van der Waals surface area contributed by atoms with Crippen molar-refractivity contribution in [1.29, 1.82) is 0 Å². The third kappa shape index (κ3) is 3.84. The smallest absolute Gasteiger partial charge is 0.220 e. The van der Waals surface area contributed by atoms with Crippen LogP contribution in [0.1, 0.15) is 69.4 Å². The lowest BCUT2D eigenvalue weighted by Gasteiger charge is -2.40. The summed E-state index contributed by atoms with van der Waals surface area (Å²) in [6, 6.07) is 8.34. The molecule has 1 saturated heterocycles. The number of fused-ring (bicyclic) bond motifs is 1. The minimum Gasteiger partial charge on any atom is -0.487 e. The average Bonchev–Trinajstić information content (AvgIpc) is 3.08. The second-order valence-electron chi connectivity index (χ2n) is 8.09. The lowest BCUT2D eigenvalue weighted by Crippen LogP contribution is -2.43. The quantitative estimate of drug-likeness (QED) is 0.877. The summed E-state index contributed by atoms with van der Waals surface area (Å²) in [7, 11) is 0. The number of ether oxygens (including phenoxy) is 1. The summed E-state index contributed by atoms with van der Waals surface area (Å²) in [5.74, 6) is 1.88. The molecule has 3 aliphatic rings. The van der Waals surface area contributed by atoms with Crippen molar-refractivity contribution >= 4 is 5.91 Å². The molecule has 0 aromatic heterocycles. The van der Waals surface area contributed by atoms with Gasteiger partial charge in [0.1, 0.15) is 11.4 Å². The largest absolute Gasteiger partial charge is 0.487 e. The van der Waals surface area contributed by atoms with E-state index in [0.717, 1.165) is 50.1 Å². The zero-order chi connectivity index (χ0) is 17.1. The van der Waals surface area contributed by atoms with Gasteiger partial charge in [0, 0.05) is 18.4 Å². The molecule has 2 heterocycles. The van der Waals surface area contributed by atoms with E-state index in [1.165, 1.54) is 25.7 Å². The number of carbonyl (C=O) groups excluding carboxylic acids is 1. The van der Waals surface area contributed by atoms with Crippen molar-refractivity contribution in [2.75, 3.05) is 13.1 Å². The van der Waals surface area contributed by atoms with Crippen molar-refractivity contribution in [3.8, 4) is 5.75 Å². The summed E-state index contributed by atoms with van der Waals surface area (Å²) in [6.07, 6.45) is 9.69. The van der Waals surface area contributed by atoms with E-state index in [2.05, 4.69) is 22.8 Å². The third-order valence-corrected chi connectivity index (χ3v) is 6.29. The van der Waals surface area contributed by atoms with Gasteiger partial charge in [-0.25, -0.2) is 0 Å². The highest BCUT2D eigenvalue weighted by molar-refractivity contribution is 5.76. The van der Waals surface area contributed by atoms with Gasteiger partial charge in [0.2, 0.25) is 5.91 Å². The zero-order valence-electron chi connectivity index (χ0n) is 15.1. The molecule has 2 N–H and O–H groups in total. The number of rotatable bonds is 4. The van der Waals surface area contributed by atoms with Crippen LogP contribution in [-0.4, -0.2) is 24.6 Å². The van der Waals surface area contributed by atoms with Gasteiger partial charge in [-0.15, -0.1) is 0 Å². The van der Waals surface area contributed by atoms with Crippen LogP contribution in [-0.2, 0) is 4.79 Å². The fraction of sp³-hybridized carbons (Fsp3) is 0.667. The highest BCUT2D eigenvalue weighted by Gasteiger charge is 2.43. The highest BCUT2D eigenvalue weighted by atomic mass is 16.5. The average molecular weight is 342 g/mol. The number of benzene rings is 1. The zero-order valence-corrected chi connectivity index (χ0v) is 15.1. The van der Waals surface area contributed by atoms with Crippen molar-refractivity contribution in [3.63, 3.8) is 0 Å². The molecule has 1 aromatic rings. The Morgan fingerprint density at radius 3 is 2.76 bits per heavy atom. The van der Waals surface area contributed by atoms with Crippen LogP contribution >= 0.6 is 0 Å². The van der Waals surface area contributed by atoms with E-state index < -0.39 is 0 Å². The van der Waals surface area contributed by atoms with Gasteiger partial charge in [0.05, 0.1) is 6.04 Å². The third-order valence-electron chi connectivity index (χ3n) is 6.29. The molecule has 4 nitrogen and oxygen atoms in total. The second kappa shape index (κ2) is 7.36. The monoisotopic (exact) mass is 342 g/mol. The maximum Gasteiger partial charge on any atom is 0.220 e. The van der Waals surface area contributed by atoms with E-state index in [1.807, 2.05) is 12.1 Å². The molecule has 0 bridgehead atoms. The fourth-order valence-corrected chi connectivity index (χ4v) is 4.84. The Bertz CT molecular complexity index is 604. The molecule has 136 valence electrons. The van der Waals surface area contributed by atoms with Crippen LogP contribution in [0.15, 0.2) is 24.3 Å². The summed E-state index contributed by atoms with van der Waals surface area (Å²) >= 11 is 0. The first-order valence-corrected chi connectivity index (χ1v) is 10.0.